The van der Waals surface area contributed by atoms with Crippen molar-refractivity contribution < 1.29 is 12.8 Å². The summed E-state index contributed by atoms with van der Waals surface area (Å²) in [5.74, 6) is 1.49. The number of aryl methyl sites for hydroxylation is 1. The monoisotopic (exact) mass is 339 g/mol. The van der Waals surface area contributed by atoms with E-state index in [1.54, 1.807) is 17.9 Å². The van der Waals surface area contributed by atoms with Gasteiger partial charge in [0.15, 0.2) is 0 Å². The minimum absolute atomic E-state index is 0.236. The number of aromatic nitrogens is 3. The lowest BCUT2D eigenvalue weighted by Gasteiger charge is -2.25. The van der Waals surface area contributed by atoms with Gasteiger partial charge in [-0.15, -0.1) is 0 Å². The van der Waals surface area contributed by atoms with Crippen LogP contribution in [0.5, 0.6) is 0 Å². The van der Waals surface area contributed by atoms with Gasteiger partial charge in [-0.1, -0.05) is 0 Å². The average Bonchev–Trinajstić information content (AvgIpc) is 3.17. The van der Waals surface area contributed by atoms with Crippen LogP contribution in [0.25, 0.3) is 0 Å². The van der Waals surface area contributed by atoms with Gasteiger partial charge < -0.3 is 4.42 Å². The average molecular weight is 339 g/mol. The second-order valence-electron chi connectivity index (χ2n) is 5.86. The molecule has 126 valence electrons. The van der Waals surface area contributed by atoms with Gasteiger partial charge in [-0.2, -0.15) is 22.5 Å². The number of nitrogens with one attached hydrogen (secondary N) is 1. The van der Waals surface area contributed by atoms with Gasteiger partial charge in [-0.25, -0.2) is 4.98 Å². The van der Waals surface area contributed by atoms with Crippen molar-refractivity contribution >= 4 is 10.2 Å². The fraction of sp³-hybridized carbons (Fsp3) is 0.571. The van der Waals surface area contributed by atoms with Gasteiger partial charge in [0.1, 0.15) is 24.2 Å². The number of furan rings is 1. The molecular weight excluding hydrogens is 318 g/mol. The molecule has 9 heteroatoms. The molecule has 2 unspecified atom stereocenters. The van der Waals surface area contributed by atoms with Crippen LogP contribution in [-0.2, 0) is 16.8 Å². The largest absolute Gasteiger partial charge is 0.465 e. The lowest BCUT2D eigenvalue weighted by Crippen LogP contribution is -2.45. The van der Waals surface area contributed by atoms with Crippen molar-refractivity contribution in [2.24, 2.45) is 0 Å². The third-order valence-corrected chi connectivity index (χ3v) is 5.63. The van der Waals surface area contributed by atoms with Crippen LogP contribution in [0.15, 0.2) is 29.2 Å². The van der Waals surface area contributed by atoms with E-state index in [1.165, 1.54) is 10.6 Å². The van der Waals surface area contributed by atoms with E-state index in [-0.39, 0.29) is 12.1 Å². The molecule has 3 rings (SSSR count). The molecule has 0 radical (unpaired) electrons. The first-order valence-electron chi connectivity index (χ1n) is 7.63. The molecule has 1 aliphatic heterocycles. The summed E-state index contributed by atoms with van der Waals surface area (Å²) >= 11 is 0. The van der Waals surface area contributed by atoms with Crippen LogP contribution in [0.3, 0.4) is 0 Å². The summed E-state index contributed by atoms with van der Waals surface area (Å²) < 4.78 is 36.8. The van der Waals surface area contributed by atoms with Crippen molar-refractivity contribution in [3.63, 3.8) is 0 Å². The first kappa shape index (κ1) is 16.2. The molecule has 0 bridgehead atoms. The first-order valence-corrected chi connectivity index (χ1v) is 9.07. The lowest BCUT2D eigenvalue weighted by molar-refractivity contribution is 0.326. The van der Waals surface area contributed by atoms with Crippen LogP contribution in [-0.4, -0.2) is 40.1 Å². The summed E-state index contributed by atoms with van der Waals surface area (Å²) in [5.41, 5.74) is 0. The van der Waals surface area contributed by atoms with E-state index in [4.69, 9.17) is 4.42 Å². The summed E-state index contributed by atoms with van der Waals surface area (Å²) in [5, 5.41) is 3.99. The Morgan fingerprint density at radius 1 is 1.48 bits per heavy atom. The summed E-state index contributed by atoms with van der Waals surface area (Å²) in [4.78, 5) is 3.86. The van der Waals surface area contributed by atoms with Crippen LogP contribution in [0, 0.1) is 6.92 Å². The molecule has 2 aromatic rings. The van der Waals surface area contributed by atoms with E-state index in [0.717, 1.165) is 18.6 Å². The highest BCUT2D eigenvalue weighted by Crippen LogP contribution is 2.34. The summed E-state index contributed by atoms with van der Waals surface area (Å²) in [7, 11) is -3.59. The van der Waals surface area contributed by atoms with Gasteiger partial charge in [0.25, 0.3) is 10.2 Å². The van der Waals surface area contributed by atoms with E-state index in [9.17, 15) is 8.42 Å². The van der Waals surface area contributed by atoms with Gasteiger partial charge in [-0.3, -0.25) is 4.68 Å². The van der Waals surface area contributed by atoms with Crippen molar-refractivity contribution in [1.82, 2.24) is 23.8 Å². The maximum Gasteiger partial charge on any atom is 0.280 e. The van der Waals surface area contributed by atoms with E-state index in [2.05, 4.69) is 14.8 Å². The van der Waals surface area contributed by atoms with Crippen molar-refractivity contribution in [1.29, 1.82) is 0 Å². The maximum absolute atomic E-state index is 12.7. The second-order valence-corrected chi connectivity index (χ2v) is 7.51. The van der Waals surface area contributed by atoms with Crippen LogP contribution < -0.4 is 4.72 Å². The normalized spacial score (nSPS) is 20.9. The summed E-state index contributed by atoms with van der Waals surface area (Å²) in [6, 6.07) is 3.19. The molecule has 3 heterocycles. The molecule has 1 N–H and O–H groups in total. The third-order valence-electron chi connectivity index (χ3n) is 3.88. The molecule has 23 heavy (non-hydrogen) atoms. The summed E-state index contributed by atoms with van der Waals surface area (Å²) in [6.07, 6.45) is 4.58. The van der Waals surface area contributed by atoms with Gasteiger partial charge in [0.05, 0.1) is 12.6 Å². The fourth-order valence-electron chi connectivity index (χ4n) is 2.91. The predicted octanol–water partition coefficient (Wildman–Crippen LogP) is 1.24. The van der Waals surface area contributed by atoms with E-state index in [1.807, 2.05) is 19.1 Å². The zero-order valence-electron chi connectivity index (χ0n) is 13.2. The van der Waals surface area contributed by atoms with Gasteiger partial charge in [-0.05, 0) is 38.8 Å². The minimum Gasteiger partial charge on any atom is -0.465 e. The van der Waals surface area contributed by atoms with Crippen molar-refractivity contribution in [2.75, 3.05) is 6.54 Å². The fourth-order valence-corrected chi connectivity index (χ4v) is 4.54. The zero-order valence-corrected chi connectivity index (χ0v) is 14.0. The molecule has 0 spiro atoms. The summed E-state index contributed by atoms with van der Waals surface area (Å²) in [6.45, 7) is 4.59. The second kappa shape index (κ2) is 6.42. The maximum atomic E-state index is 12.7. The highest BCUT2D eigenvalue weighted by Gasteiger charge is 2.37. The Kier molecular flexibility index (Phi) is 4.51. The van der Waals surface area contributed by atoms with Crippen molar-refractivity contribution in [3.05, 3.63) is 36.3 Å². The SMILES string of the molecule is Cc1ccc(C2CCCN2S(=O)(=O)NC(C)Cn2cncn2)o1. The molecular formula is C14H21N5O3S. The molecule has 0 aliphatic carbocycles. The van der Waals surface area contributed by atoms with E-state index >= 15 is 0 Å². The molecule has 0 saturated carbocycles. The Morgan fingerprint density at radius 3 is 2.96 bits per heavy atom. The predicted molar refractivity (Wildman–Crippen MR) is 83.7 cm³/mol. The Balaban J connectivity index is 1.70. The minimum atomic E-state index is -3.59. The van der Waals surface area contributed by atoms with E-state index in [0.29, 0.717) is 18.8 Å². The van der Waals surface area contributed by atoms with Gasteiger partial charge in [0.2, 0.25) is 0 Å². The molecule has 2 atom stereocenters. The Labute approximate surface area is 135 Å². The Bertz CT molecular complexity index is 740. The van der Waals surface area contributed by atoms with Crippen LogP contribution in [0.2, 0.25) is 0 Å². The molecule has 1 fully saturated rings. The number of hydrogen-bond donors (Lipinski definition) is 1. The molecule has 8 nitrogen and oxygen atoms in total. The van der Waals surface area contributed by atoms with Crippen LogP contribution >= 0.6 is 0 Å². The zero-order chi connectivity index (χ0) is 16.4. The highest BCUT2D eigenvalue weighted by atomic mass is 32.2. The van der Waals surface area contributed by atoms with Crippen LogP contribution in [0.4, 0.5) is 0 Å². The third kappa shape index (κ3) is 3.62. The molecule has 2 aromatic heterocycles. The molecule has 1 saturated heterocycles. The van der Waals surface area contributed by atoms with Gasteiger partial charge >= 0.3 is 0 Å². The van der Waals surface area contributed by atoms with Crippen molar-refractivity contribution in [2.45, 2.75) is 45.3 Å². The molecule has 0 aromatic carbocycles. The lowest BCUT2D eigenvalue weighted by atomic mass is 10.2. The smallest absolute Gasteiger partial charge is 0.280 e. The Morgan fingerprint density at radius 2 is 2.30 bits per heavy atom. The number of nitrogens with zero attached hydrogens (tertiary/aromatic N) is 4. The molecule has 1 aliphatic rings. The number of rotatable bonds is 6. The highest BCUT2D eigenvalue weighted by molar-refractivity contribution is 7.87. The first-order chi connectivity index (χ1) is 11.0. The van der Waals surface area contributed by atoms with Crippen molar-refractivity contribution in [3.8, 4) is 0 Å². The quantitative estimate of drug-likeness (QED) is 0.854. The Hall–Kier alpha value is -1.71. The number of hydrogen-bond acceptors (Lipinski definition) is 5. The van der Waals surface area contributed by atoms with E-state index < -0.39 is 10.2 Å². The molecule has 0 amide bonds. The standard InChI is InChI=1S/C14H21N5O3S/c1-11(8-18-10-15-9-16-18)17-23(20,21)19-7-3-4-13(19)14-6-5-12(2)22-14/h5-6,9-11,13,17H,3-4,7-8H2,1-2H3. The van der Waals surface area contributed by atoms with Gasteiger partial charge in [0, 0.05) is 12.6 Å². The van der Waals surface area contributed by atoms with Crippen LogP contribution in [0.1, 0.15) is 37.3 Å². The topological polar surface area (TPSA) is 93.3 Å².